The zero-order valence-corrected chi connectivity index (χ0v) is 14.1. The van der Waals surface area contributed by atoms with Gasteiger partial charge in [-0.15, -0.1) is 0 Å². The van der Waals surface area contributed by atoms with Gasteiger partial charge in [-0.3, -0.25) is 8.87 Å². The van der Waals surface area contributed by atoms with Crippen LogP contribution in [0, 0.1) is 0 Å². The molecule has 2 aromatic carbocycles. The molecule has 7 heteroatoms. The highest BCUT2D eigenvalue weighted by atomic mass is 32.2. The number of oxazole rings is 1. The summed E-state index contributed by atoms with van der Waals surface area (Å²) in [6, 6.07) is 11.9. The zero-order chi connectivity index (χ0) is 17.1. The molecule has 0 saturated carbocycles. The van der Waals surface area contributed by atoms with E-state index in [4.69, 9.17) is 4.42 Å². The van der Waals surface area contributed by atoms with E-state index in [1.54, 1.807) is 13.1 Å². The van der Waals surface area contributed by atoms with Crippen LogP contribution in [0.2, 0.25) is 0 Å². The van der Waals surface area contributed by atoms with Crippen molar-refractivity contribution in [2.45, 2.75) is 24.3 Å². The average Bonchev–Trinajstić information content (AvgIpc) is 3.03. The fourth-order valence-electron chi connectivity index (χ4n) is 3.29. The van der Waals surface area contributed by atoms with Gasteiger partial charge < -0.3 is 4.42 Å². The van der Waals surface area contributed by atoms with Gasteiger partial charge in [0.15, 0.2) is 5.58 Å². The van der Waals surface area contributed by atoms with Gasteiger partial charge in [0.25, 0.3) is 10.0 Å². The van der Waals surface area contributed by atoms with Crippen LogP contribution < -0.4 is 10.1 Å². The number of aromatic nitrogens is 1. The number of sulfonamides is 1. The fourth-order valence-corrected chi connectivity index (χ4v) is 5.00. The first-order valence-electron chi connectivity index (χ1n) is 7.61. The molecule has 4 rings (SSSR count). The summed E-state index contributed by atoms with van der Waals surface area (Å²) in [7, 11) is -2.15. The van der Waals surface area contributed by atoms with E-state index in [9.17, 15) is 13.2 Å². The van der Waals surface area contributed by atoms with Crippen molar-refractivity contribution in [3.63, 3.8) is 0 Å². The summed E-state index contributed by atoms with van der Waals surface area (Å²) in [5, 5.41) is 0. The summed E-state index contributed by atoms with van der Waals surface area (Å²) in [5.74, 6) is -0.514. The molecule has 0 N–H and O–H groups in total. The van der Waals surface area contributed by atoms with Crippen LogP contribution in [-0.2, 0) is 23.5 Å². The van der Waals surface area contributed by atoms with E-state index in [-0.39, 0.29) is 16.5 Å². The molecule has 1 aliphatic heterocycles. The second-order valence-corrected chi connectivity index (χ2v) is 7.85. The molecular weight excluding hydrogens is 328 g/mol. The van der Waals surface area contributed by atoms with Crippen molar-refractivity contribution in [1.29, 1.82) is 0 Å². The Kier molecular flexibility index (Phi) is 3.11. The molecule has 1 unspecified atom stereocenters. The first-order valence-corrected chi connectivity index (χ1v) is 9.05. The molecule has 0 radical (unpaired) electrons. The molecule has 0 fully saturated rings. The van der Waals surface area contributed by atoms with Gasteiger partial charge in [-0.1, -0.05) is 18.2 Å². The van der Waals surface area contributed by atoms with Gasteiger partial charge in [-0.05, 0) is 37.1 Å². The molecule has 1 atom stereocenters. The molecule has 0 spiro atoms. The highest BCUT2D eigenvalue weighted by Crippen LogP contribution is 2.36. The Morgan fingerprint density at radius 2 is 1.92 bits per heavy atom. The fraction of sp³-hybridized carbons (Fsp3) is 0.235. The summed E-state index contributed by atoms with van der Waals surface area (Å²) in [5.41, 5.74) is 2.55. The first-order chi connectivity index (χ1) is 11.4. The number of benzene rings is 2. The number of nitrogens with zero attached hydrogens (tertiary/aromatic N) is 2. The van der Waals surface area contributed by atoms with E-state index in [1.807, 2.05) is 31.2 Å². The number of hydrogen-bond donors (Lipinski definition) is 0. The van der Waals surface area contributed by atoms with Crippen LogP contribution in [0.1, 0.15) is 12.5 Å². The second-order valence-electron chi connectivity index (χ2n) is 6.04. The number of aryl methyl sites for hydroxylation is 1. The van der Waals surface area contributed by atoms with E-state index >= 15 is 0 Å². The summed E-state index contributed by atoms with van der Waals surface area (Å²) in [6.07, 6.45) is 0.679. The molecule has 6 nitrogen and oxygen atoms in total. The Labute approximate surface area is 139 Å². The largest absolute Gasteiger partial charge is 0.419 e. The number of anilines is 1. The second kappa shape index (κ2) is 4.98. The molecule has 0 saturated heterocycles. The lowest BCUT2D eigenvalue weighted by molar-refractivity contribution is 0.527. The average molecular weight is 344 g/mol. The van der Waals surface area contributed by atoms with Crippen LogP contribution >= 0.6 is 0 Å². The number of hydrogen-bond acceptors (Lipinski definition) is 4. The lowest BCUT2D eigenvalue weighted by Crippen LogP contribution is -2.35. The molecule has 3 aromatic rings. The molecule has 1 aliphatic rings. The van der Waals surface area contributed by atoms with Crippen molar-refractivity contribution < 1.29 is 12.8 Å². The molecule has 2 heterocycles. The number of para-hydroxylation sites is 1. The van der Waals surface area contributed by atoms with E-state index in [0.717, 1.165) is 5.56 Å². The molecule has 24 heavy (non-hydrogen) atoms. The van der Waals surface area contributed by atoms with E-state index in [2.05, 4.69) is 0 Å². The van der Waals surface area contributed by atoms with Gasteiger partial charge in [-0.25, -0.2) is 13.2 Å². The van der Waals surface area contributed by atoms with Crippen molar-refractivity contribution in [2.24, 2.45) is 7.05 Å². The van der Waals surface area contributed by atoms with Gasteiger partial charge in [0.05, 0.1) is 16.1 Å². The lowest BCUT2D eigenvalue weighted by Gasteiger charge is -2.24. The molecule has 0 aliphatic carbocycles. The van der Waals surface area contributed by atoms with Crippen molar-refractivity contribution in [2.75, 3.05) is 4.31 Å². The van der Waals surface area contributed by atoms with Crippen LogP contribution in [-0.4, -0.2) is 19.0 Å². The maximum atomic E-state index is 13.1. The van der Waals surface area contributed by atoms with Gasteiger partial charge in [-0.2, -0.15) is 0 Å². The van der Waals surface area contributed by atoms with Crippen molar-refractivity contribution in [1.82, 2.24) is 4.57 Å². The molecular formula is C17H16N2O4S. The van der Waals surface area contributed by atoms with Crippen LogP contribution in [0.4, 0.5) is 5.69 Å². The Hall–Kier alpha value is -2.54. The maximum absolute atomic E-state index is 13.1. The summed E-state index contributed by atoms with van der Waals surface area (Å²) in [6.45, 7) is 1.89. The van der Waals surface area contributed by atoms with E-state index < -0.39 is 15.8 Å². The standard InChI is InChI=1S/C17H16N2O4S/c1-11-9-12-5-3-4-6-14(12)19(11)24(21,22)13-7-8-15-16(10-13)23-17(20)18(15)2/h3-8,10-11H,9H2,1-2H3. The van der Waals surface area contributed by atoms with Crippen LogP contribution in [0.5, 0.6) is 0 Å². The van der Waals surface area contributed by atoms with Crippen LogP contribution in [0.25, 0.3) is 11.1 Å². The Bertz CT molecular complexity index is 1110. The number of rotatable bonds is 2. The third kappa shape index (κ3) is 2.01. The minimum absolute atomic E-state index is 0.118. The lowest BCUT2D eigenvalue weighted by atomic mass is 10.1. The van der Waals surface area contributed by atoms with Gasteiger partial charge >= 0.3 is 5.76 Å². The topological polar surface area (TPSA) is 72.5 Å². The maximum Gasteiger partial charge on any atom is 0.419 e. The highest BCUT2D eigenvalue weighted by molar-refractivity contribution is 7.92. The third-order valence-electron chi connectivity index (χ3n) is 4.47. The van der Waals surface area contributed by atoms with Gasteiger partial charge in [0.2, 0.25) is 0 Å². The van der Waals surface area contributed by atoms with Crippen LogP contribution in [0.15, 0.2) is 56.6 Å². The normalized spacial score (nSPS) is 17.4. The quantitative estimate of drug-likeness (QED) is 0.715. The Morgan fingerprint density at radius 1 is 1.17 bits per heavy atom. The zero-order valence-electron chi connectivity index (χ0n) is 13.3. The molecule has 0 bridgehead atoms. The highest BCUT2D eigenvalue weighted by Gasteiger charge is 2.36. The summed E-state index contributed by atoms with van der Waals surface area (Å²) < 4.78 is 34.2. The summed E-state index contributed by atoms with van der Waals surface area (Å²) in [4.78, 5) is 11.7. The van der Waals surface area contributed by atoms with Crippen molar-refractivity contribution in [3.8, 4) is 0 Å². The van der Waals surface area contributed by atoms with Crippen molar-refractivity contribution in [3.05, 3.63) is 58.6 Å². The van der Waals surface area contributed by atoms with Gasteiger partial charge in [0.1, 0.15) is 0 Å². The van der Waals surface area contributed by atoms with Crippen LogP contribution in [0.3, 0.4) is 0 Å². The number of fused-ring (bicyclic) bond motifs is 2. The van der Waals surface area contributed by atoms with E-state index in [0.29, 0.717) is 17.6 Å². The van der Waals surface area contributed by atoms with Crippen molar-refractivity contribution >= 4 is 26.8 Å². The summed E-state index contributed by atoms with van der Waals surface area (Å²) >= 11 is 0. The Morgan fingerprint density at radius 3 is 2.71 bits per heavy atom. The van der Waals surface area contributed by atoms with Gasteiger partial charge in [0, 0.05) is 19.2 Å². The molecule has 0 amide bonds. The third-order valence-corrected chi connectivity index (χ3v) is 6.39. The first kappa shape index (κ1) is 15.0. The molecule has 124 valence electrons. The smallest absolute Gasteiger partial charge is 0.408 e. The minimum atomic E-state index is -3.73. The van der Waals surface area contributed by atoms with E-state index in [1.165, 1.54) is 21.0 Å². The minimum Gasteiger partial charge on any atom is -0.408 e. The monoisotopic (exact) mass is 344 g/mol. The predicted octanol–water partition coefficient (Wildman–Crippen LogP) is 2.27. The predicted molar refractivity (Wildman–Crippen MR) is 90.7 cm³/mol. The molecule has 1 aromatic heterocycles. The Balaban J connectivity index is 1.88. The SMILES string of the molecule is CC1Cc2ccccc2N1S(=O)(=O)c1ccc2c(c1)oc(=O)n2C.